The maximum Gasteiger partial charge on any atom is 0.416 e. The van der Waals surface area contributed by atoms with Gasteiger partial charge in [-0.1, -0.05) is 12.1 Å². The molecule has 1 aliphatic rings. The first kappa shape index (κ1) is 15.3. The van der Waals surface area contributed by atoms with Crippen molar-refractivity contribution in [3.8, 4) is 0 Å². The fraction of sp³-hybridized carbons (Fsp3) is 0.600. The second kappa shape index (κ2) is 5.74. The summed E-state index contributed by atoms with van der Waals surface area (Å²) in [5.74, 6) is 0. The van der Waals surface area contributed by atoms with E-state index < -0.39 is 11.7 Å². The third-order valence-electron chi connectivity index (χ3n) is 3.82. The van der Waals surface area contributed by atoms with E-state index in [1.165, 1.54) is 12.1 Å². The van der Waals surface area contributed by atoms with E-state index in [2.05, 4.69) is 12.2 Å². The molecule has 2 nitrogen and oxygen atoms in total. The Morgan fingerprint density at radius 1 is 1.30 bits per heavy atom. The molecule has 1 N–H and O–H groups in total. The topological polar surface area (TPSA) is 21.3 Å². The second-order valence-corrected chi connectivity index (χ2v) is 5.62. The molecule has 0 aromatic heterocycles. The third kappa shape index (κ3) is 3.73. The van der Waals surface area contributed by atoms with Crippen molar-refractivity contribution >= 4 is 0 Å². The van der Waals surface area contributed by atoms with Crippen LogP contribution in [-0.4, -0.2) is 18.8 Å². The highest BCUT2D eigenvalue weighted by Crippen LogP contribution is 2.30. The Morgan fingerprint density at radius 2 is 1.95 bits per heavy atom. The lowest BCUT2D eigenvalue weighted by atomic mass is 10.0. The molecule has 2 unspecified atom stereocenters. The average Bonchev–Trinajstić information content (AvgIpc) is 2.83. The number of hydrogen-bond acceptors (Lipinski definition) is 2. The summed E-state index contributed by atoms with van der Waals surface area (Å²) in [5.41, 5.74) is 0.0827. The number of benzene rings is 1. The van der Waals surface area contributed by atoms with Crippen LogP contribution in [0, 0.1) is 0 Å². The standard InChI is InChI=1S/C15H20F3NO/c1-11(19-10-14(2)8-3-9-20-14)12-4-6-13(7-5-12)15(16,17)18/h4-7,11,19H,3,8-10H2,1-2H3. The Labute approximate surface area is 117 Å². The quantitative estimate of drug-likeness (QED) is 0.906. The molecule has 1 aromatic rings. The molecule has 0 amide bonds. The van der Waals surface area contributed by atoms with Crippen LogP contribution in [0.25, 0.3) is 0 Å². The Hall–Kier alpha value is -1.07. The fourth-order valence-corrected chi connectivity index (χ4v) is 2.42. The van der Waals surface area contributed by atoms with Crippen molar-refractivity contribution in [1.82, 2.24) is 5.32 Å². The Balaban J connectivity index is 1.94. The first-order valence-corrected chi connectivity index (χ1v) is 6.85. The lowest BCUT2D eigenvalue weighted by Gasteiger charge is -2.26. The predicted octanol–water partition coefficient (Wildman–Crippen LogP) is 3.93. The molecule has 2 rings (SSSR count). The van der Waals surface area contributed by atoms with E-state index in [9.17, 15) is 13.2 Å². The summed E-state index contributed by atoms with van der Waals surface area (Å²) in [5, 5.41) is 3.33. The molecule has 1 aromatic carbocycles. The predicted molar refractivity (Wildman–Crippen MR) is 71.5 cm³/mol. The first-order valence-electron chi connectivity index (χ1n) is 6.85. The number of alkyl halides is 3. The van der Waals surface area contributed by atoms with Gasteiger partial charge in [-0.15, -0.1) is 0 Å². The van der Waals surface area contributed by atoms with Crippen LogP contribution in [0.3, 0.4) is 0 Å². The minimum Gasteiger partial charge on any atom is -0.374 e. The van der Waals surface area contributed by atoms with Gasteiger partial charge < -0.3 is 10.1 Å². The minimum absolute atomic E-state index is 0.00157. The van der Waals surface area contributed by atoms with Gasteiger partial charge in [0.1, 0.15) is 0 Å². The molecular weight excluding hydrogens is 267 g/mol. The molecule has 0 spiro atoms. The van der Waals surface area contributed by atoms with Crippen LogP contribution in [0.4, 0.5) is 13.2 Å². The molecule has 0 saturated carbocycles. The molecule has 1 heterocycles. The molecule has 1 aliphatic heterocycles. The van der Waals surface area contributed by atoms with E-state index in [0.717, 1.165) is 37.1 Å². The average molecular weight is 287 g/mol. The van der Waals surface area contributed by atoms with Gasteiger partial charge in [-0.3, -0.25) is 0 Å². The normalized spacial score (nSPS) is 24.9. The summed E-state index contributed by atoms with van der Waals surface area (Å²) in [6.07, 6.45) is -2.20. The van der Waals surface area contributed by atoms with Crippen molar-refractivity contribution in [2.75, 3.05) is 13.2 Å². The number of ether oxygens (including phenoxy) is 1. The van der Waals surface area contributed by atoms with Crippen molar-refractivity contribution in [3.05, 3.63) is 35.4 Å². The van der Waals surface area contributed by atoms with Crippen molar-refractivity contribution in [3.63, 3.8) is 0 Å². The zero-order valence-electron chi connectivity index (χ0n) is 11.8. The van der Waals surface area contributed by atoms with E-state index in [0.29, 0.717) is 6.54 Å². The van der Waals surface area contributed by atoms with Crippen LogP contribution < -0.4 is 5.32 Å². The van der Waals surface area contributed by atoms with Crippen LogP contribution in [0.1, 0.15) is 43.9 Å². The largest absolute Gasteiger partial charge is 0.416 e. The maximum absolute atomic E-state index is 12.5. The molecule has 112 valence electrons. The van der Waals surface area contributed by atoms with Gasteiger partial charge in [0, 0.05) is 19.2 Å². The van der Waals surface area contributed by atoms with Gasteiger partial charge in [0.2, 0.25) is 0 Å². The molecule has 2 atom stereocenters. The number of hydrogen-bond donors (Lipinski definition) is 1. The Kier molecular flexibility index (Phi) is 4.39. The van der Waals surface area contributed by atoms with Gasteiger partial charge in [-0.25, -0.2) is 0 Å². The van der Waals surface area contributed by atoms with Crippen LogP contribution in [-0.2, 0) is 10.9 Å². The molecule has 0 aliphatic carbocycles. The monoisotopic (exact) mass is 287 g/mol. The number of halogens is 3. The molecular formula is C15H20F3NO. The zero-order valence-corrected chi connectivity index (χ0v) is 11.8. The van der Waals surface area contributed by atoms with Gasteiger partial charge in [0.15, 0.2) is 0 Å². The summed E-state index contributed by atoms with van der Waals surface area (Å²) in [6, 6.07) is 5.30. The first-order chi connectivity index (χ1) is 9.30. The summed E-state index contributed by atoms with van der Waals surface area (Å²) in [4.78, 5) is 0. The molecule has 0 radical (unpaired) electrons. The highest BCUT2D eigenvalue weighted by atomic mass is 19.4. The summed E-state index contributed by atoms with van der Waals surface area (Å²) in [7, 11) is 0. The molecule has 1 fully saturated rings. The van der Waals surface area contributed by atoms with E-state index >= 15 is 0 Å². The fourth-order valence-electron chi connectivity index (χ4n) is 2.42. The van der Waals surface area contributed by atoms with E-state index in [4.69, 9.17) is 4.74 Å². The highest BCUT2D eigenvalue weighted by molar-refractivity contribution is 5.26. The highest BCUT2D eigenvalue weighted by Gasteiger charge is 2.31. The van der Waals surface area contributed by atoms with E-state index in [-0.39, 0.29) is 11.6 Å². The summed E-state index contributed by atoms with van der Waals surface area (Å²) >= 11 is 0. The van der Waals surface area contributed by atoms with Gasteiger partial charge in [0.05, 0.1) is 11.2 Å². The van der Waals surface area contributed by atoms with Gasteiger partial charge in [-0.2, -0.15) is 13.2 Å². The smallest absolute Gasteiger partial charge is 0.374 e. The number of rotatable bonds is 4. The lowest BCUT2D eigenvalue weighted by Crippen LogP contribution is -2.38. The van der Waals surface area contributed by atoms with Gasteiger partial charge >= 0.3 is 6.18 Å². The molecule has 5 heteroatoms. The van der Waals surface area contributed by atoms with E-state index in [1.807, 2.05) is 6.92 Å². The van der Waals surface area contributed by atoms with Gasteiger partial charge in [0.25, 0.3) is 0 Å². The Bertz CT molecular complexity index is 435. The zero-order chi connectivity index (χ0) is 14.8. The van der Waals surface area contributed by atoms with Crippen LogP contribution >= 0.6 is 0 Å². The minimum atomic E-state index is -4.28. The number of nitrogens with one attached hydrogen (secondary N) is 1. The Morgan fingerprint density at radius 3 is 2.45 bits per heavy atom. The van der Waals surface area contributed by atoms with Crippen LogP contribution in [0.15, 0.2) is 24.3 Å². The summed E-state index contributed by atoms with van der Waals surface area (Å²) < 4.78 is 43.2. The molecule has 0 bridgehead atoms. The maximum atomic E-state index is 12.5. The van der Waals surface area contributed by atoms with Crippen molar-refractivity contribution in [1.29, 1.82) is 0 Å². The third-order valence-corrected chi connectivity index (χ3v) is 3.82. The van der Waals surface area contributed by atoms with Gasteiger partial charge in [-0.05, 0) is 44.4 Å². The van der Waals surface area contributed by atoms with Crippen molar-refractivity contribution < 1.29 is 17.9 Å². The van der Waals surface area contributed by atoms with E-state index in [1.54, 1.807) is 0 Å². The van der Waals surface area contributed by atoms with Crippen LogP contribution in [0.5, 0.6) is 0 Å². The van der Waals surface area contributed by atoms with Crippen molar-refractivity contribution in [2.45, 2.75) is 44.5 Å². The van der Waals surface area contributed by atoms with Crippen LogP contribution in [0.2, 0.25) is 0 Å². The second-order valence-electron chi connectivity index (χ2n) is 5.62. The molecule has 1 saturated heterocycles. The summed E-state index contributed by atoms with van der Waals surface area (Å²) in [6.45, 7) is 5.50. The lowest BCUT2D eigenvalue weighted by molar-refractivity contribution is -0.137. The van der Waals surface area contributed by atoms with Crippen molar-refractivity contribution in [2.24, 2.45) is 0 Å². The molecule has 20 heavy (non-hydrogen) atoms. The SMILES string of the molecule is CC(NCC1(C)CCCO1)c1ccc(C(F)(F)F)cc1.